The van der Waals surface area contributed by atoms with Crippen molar-refractivity contribution >= 4 is 16.0 Å². The number of amides is 1. The summed E-state index contributed by atoms with van der Waals surface area (Å²) in [6, 6.07) is 0. The van der Waals surface area contributed by atoms with E-state index in [-0.39, 0.29) is 49.0 Å². The van der Waals surface area contributed by atoms with E-state index in [4.69, 9.17) is 11.4 Å². The minimum Gasteiger partial charge on any atom is -0.393 e. The second-order valence-corrected chi connectivity index (χ2v) is 13.4. The maximum atomic E-state index is 12.3. The molecule has 4 aliphatic carbocycles. The van der Waals surface area contributed by atoms with E-state index in [1.165, 1.54) is 0 Å². The van der Waals surface area contributed by atoms with Crippen LogP contribution in [0.15, 0.2) is 0 Å². The van der Waals surface area contributed by atoms with Crippen molar-refractivity contribution in [3.8, 4) is 0 Å². The van der Waals surface area contributed by atoms with E-state index < -0.39 is 69.6 Å². The van der Waals surface area contributed by atoms with Crippen LogP contribution in [0.3, 0.4) is 0 Å². The summed E-state index contributed by atoms with van der Waals surface area (Å²) in [6.07, 6.45) is -7.72. The Bertz CT molecular complexity index is 1110. The molecule has 0 aromatic heterocycles. The molecule has 4 unspecified atom stereocenters. The number of hydrogen-bond donors (Lipinski definition) is 5. The first-order valence-corrected chi connectivity index (χ1v) is 14.6. The Morgan fingerprint density at radius 1 is 1.09 bits per heavy atom. The molecule has 0 heterocycles. The van der Waals surface area contributed by atoms with Crippen LogP contribution < -0.4 is 5.32 Å². The summed E-state index contributed by atoms with van der Waals surface area (Å²) in [6.45, 7) is 5.63. The summed E-state index contributed by atoms with van der Waals surface area (Å²) < 4.78 is 73.0. The third-order valence-electron chi connectivity index (χ3n) is 10.3. The standard InChI is InChI=1S/C26H45NO7S/c1-15(4-9-24(31)27-10-11-35(32,33)34)19-7-8-20-18-6-5-16-12-17(28)13-22(29)25(16,2)21(18)14-23(30)26(19,20)3/h15-23,28-30H,4-14H2,1-3H3,(H,27,31)(H,32,33,34)/t15-,16?,17+,18?,19-,20?,21?,22-,23+,25+,26-/m1/s1/i12D2,13D2,17D. The van der Waals surface area contributed by atoms with Gasteiger partial charge in [0.2, 0.25) is 5.91 Å². The molecule has 4 fully saturated rings. The van der Waals surface area contributed by atoms with Gasteiger partial charge in [-0.2, -0.15) is 8.42 Å². The molecule has 35 heavy (non-hydrogen) atoms. The van der Waals surface area contributed by atoms with Crippen LogP contribution in [0.4, 0.5) is 0 Å². The molecule has 11 atom stereocenters. The quantitative estimate of drug-likeness (QED) is 0.324. The van der Waals surface area contributed by atoms with Gasteiger partial charge in [0.25, 0.3) is 10.1 Å². The van der Waals surface area contributed by atoms with Gasteiger partial charge in [-0.25, -0.2) is 0 Å². The van der Waals surface area contributed by atoms with Gasteiger partial charge < -0.3 is 20.6 Å². The SMILES string of the molecule is [2H]C1([2H])C2CCC3C(C[C@H](O)[C@@]4(C)C3CC[C@@H]4[C@H](C)CCC(=O)NCCS(=O)(=O)O)[C@@]2(C)[C@H](O)C([2H])([2H])[C@@]1([2H])O. The first kappa shape index (κ1) is 21.2. The molecule has 0 radical (unpaired) electrons. The van der Waals surface area contributed by atoms with Crippen LogP contribution in [0.2, 0.25) is 0 Å². The number of carbonyl (C=O) groups excluding carboxylic acids is 1. The van der Waals surface area contributed by atoms with Crippen molar-refractivity contribution in [1.29, 1.82) is 0 Å². The third-order valence-corrected chi connectivity index (χ3v) is 11.0. The zero-order valence-corrected chi connectivity index (χ0v) is 21.7. The fourth-order valence-corrected chi connectivity index (χ4v) is 8.76. The third kappa shape index (κ3) is 4.92. The van der Waals surface area contributed by atoms with E-state index in [2.05, 4.69) is 12.2 Å². The Hall–Kier alpha value is -0.740. The predicted octanol–water partition coefficient (Wildman–Crippen LogP) is 2.37. The number of aliphatic hydroxyl groups excluding tert-OH is 2. The first-order valence-electron chi connectivity index (χ1n) is 15.5. The highest BCUT2D eigenvalue weighted by Crippen LogP contribution is 2.68. The van der Waals surface area contributed by atoms with Gasteiger partial charge in [0.1, 0.15) is 0 Å². The molecule has 4 rings (SSSR count). The normalized spacial score (nSPS) is 53.3. The average Bonchev–Trinajstić information content (AvgIpc) is 3.20. The summed E-state index contributed by atoms with van der Waals surface area (Å²) >= 11 is 0. The van der Waals surface area contributed by atoms with Crippen molar-refractivity contribution in [1.82, 2.24) is 5.32 Å². The molecule has 9 heteroatoms. The van der Waals surface area contributed by atoms with E-state index in [0.717, 1.165) is 12.8 Å². The fraction of sp³-hybridized carbons (Fsp3) is 0.962. The Morgan fingerprint density at radius 3 is 2.49 bits per heavy atom. The topological polar surface area (TPSA) is 144 Å². The van der Waals surface area contributed by atoms with Crippen LogP contribution in [0, 0.1) is 46.3 Å². The summed E-state index contributed by atoms with van der Waals surface area (Å²) in [5.41, 5.74) is -1.77. The van der Waals surface area contributed by atoms with E-state index in [1.807, 2.05) is 6.92 Å². The molecule has 0 aliphatic heterocycles. The number of fused-ring (bicyclic) bond motifs is 5. The highest BCUT2D eigenvalue weighted by atomic mass is 32.2. The molecule has 4 saturated carbocycles. The van der Waals surface area contributed by atoms with Gasteiger partial charge in [-0.3, -0.25) is 9.35 Å². The fourth-order valence-electron chi connectivity index (χ4n) is 8.40. The molecule has 8 nitrogen and oxygen atoms in total. The second-order valence-electron chi connectivity index (χ2n) is 11.9. The first-order chi connectivity index (χ1) is 18.1. The lowest BCUT2D eigenvalue weighted by molar-refractivity contribution is -0.207. The van der Waals surface area contributed by atoms with Crippen molar-refractivity contribution in [3.63, 3.8) is 0 Å². The van der Waals surface area contributed by atoms with Crippen LogP contribution >= 0.6 is 0 Å². The molecule has 0 saturated heterocycles. The van der Waals surface area contributed by atoms with Crippen molar-refractivity contribution in [2.24, 2.45) is 46.3 Å². The van der Waals surface area contributed by atoms with Crippen molar-refractivity contribution in [3.05, 3.63) is 0 Å². The van der Waals surface area contributed by atoms with Gasteiger partial charge in [-0.05, 0) is 97.6 Å². The minimum absolute atomic E-state index is 0.00811. The Kier molecular flexibility index (Phi) is 5.98. The van der Waals surface area contributed by atoms with Gasteiger partial charge in [0, 0.05) is 18.4 Å². The zero-order chi connectivity index (χ0) is 30.3. The van der Waals surface area contributed by atoms with Crippen LogP contribution in [-0.2, 0) is 14.9 Å². The van der Waals surface area contributed by atoms with E-state index in [0.29, 0.717) is 19.3 Å². The average molecular weight is 521 g/mol. The molecular formula is C26H45NO7S. The lowest BCUT2D eigenvalue weighted by Gasteiger charge is -2.63. The molecule has 4 aliphatic rings. The summed E-state index contributed by atoms with van der Waals surface area (Å²) in [5, 5.41) is 36.3. The largest absolute Gasteiger partial charge is 0.393 e. The van der Waals surface area contributed by atoms with Crippen LogP contribution in [0.5, 0.6) is 0 Å². The summed E-state index contributed by atoms with van der Waals surface area (Å²) in [4.78, 5) is 12.3. The number of hydrogen-bond acceptors (Lipinski definition) is 6. The van der Waals surface area contributed by atoms with Crippen LogP contribution in [0.1, 0.15) is 85.3 Å². The van der Waals surface area contributed by atoms with Gasteiger partial charge in [-0.15, -0.1) is 0 Å². The summed E-state index contributed by atoms with van der Waals surface area (Å²) in [7, 11) is -4.16. The van der Waals surface area contributed by atoms with Crippen molar-refractivity contribution < 1.29 is 39.9 Å². The molecular weight excluding hydrogens is 470 g/mol. The predicted molar refractivity (Wildman–Crippen MR) is 132 cm³/mol. The smallest absolute Gasteiger partial charge is 0.266 e. The number of carbonyl (C=O) groups is 1. The number of rotatable bonds is 7. The van der Waals surface area contributed by atoms with Gasteiger partial charge in [0.15, 0.2) is 0 Å². The van der Waals surface area contributed by atoms with E-state index in [1.54, 1.807) is 6.92 Å². The Labute approximate surface area is 217 Å². The number of nitrogens with one attached hydrogen (secondary N) is 1. The monoisotopic (exact) mass is 520 g/mol. The van der Waals surface area contributed by atoms with Crippen molar-refractivity contribution in [2.75, 3.05) is 12.3 Å². The molecule has 0 spiro atoms. The van der Waals surface area contributed by atoms with E-state index >= 15 is 0 Å². The van der Waals surface area contributed by atoms with Crippen LogP contribution in [0.25, 0.3) is 0 Å². The second kappa shape index (κ2) is 9.86. The lowest BCUT2D eigenvalue weighted by Crippen LogP contribution is -2.62. The van der Waals surface area contributed by atoms with Gasteiger partial charge in [-0.1, -0.05) is 20.8 Å². The Balaban J connectivity index is 1.52. The lowest BCUT2D eigenvalue weighted by atomic mass is 9.43. The van der Waals surface area contributed by atoms with Gasteiger partial charge in [0.05, 0.1) is 25.4 Å². The number of aliphatic hydroxyl groups is 3. The minimum atomic E-state index is -4.16. The highest BCUT2D eigenvalue weighted by Gasteiger charge is 2.65. The maximum absolute atomic E-state index is 12.3. The zero-order valence-electron chi connectivity index (χ0n) is 25.9. The molecule has 0 bridgehead atoms. The molecule has 202 valence electrons. The highest BCUT2D eigenvalue weighted by molar-refractivity contribution is 7.85. The molecule has 1 amide bonds. The Morgan fingerprint density at radius 2 is 1.80 bits per heavy atom. The molecule has 0 aromatic carbocycles. The maximum Gasteiger partial charge on any atom is 0.266 e. The summed E-state index contributed by atoms with van der Waals surface area (Å²) in [5.74, 6) is -1.98. The van der Waals surface area contributed by atoms with Gasteiger partial charge >= 0.3 is 0 Å². The van der Waals surface area contributed by atoms with E-state index in [9.17, 15) is 28.5 Å². The van der Waals surface area contributed by atoms with Crippen molar-refractivity contribution in [2.45, 2.75) is 96.8 Å². The molecule has 5 N–H and O–H groups in total. The van der Waals surface area contributed by atoms with Crippen LogP contribution in [-0.4, -0.2) is 64.8 Å². The molecule has 0 aromatic rings.